The smallest absolute Gasteiger partial charge is 0.0701 e. The molecule has 0 spiro atoms. The summed E-state index contributed by atoms with van der Waals surface area (Å²) >= 11 is 0. The molecule has 4 nitrogen and oxygen atoms in total. The fraction of sp³-hybridized carbons (Fsp3) is 1.00. The van der Waals surface area contributed by atoms with E-state index < -0.39 is 0 Å². The Morgan fingerprint density at radius 1 is 1.00 bits per heavy atom. The van der Waals surface area contributed by atoms with Crippen molar-refractivity contribution in [3.63, 3.8) is 0 Å². The van der Waals surface area contributed by atoms with Crippen LogP contribution in [0.3, 0.4) is 0 Å². The summed E-state index contributed by atoms with van der Waals surface area (Å²) in [5.41, 5.74) is 6.24. The number of hydrogen-bond donors (Lipinski definition) is 1. The van der Waals surface area contributed by atoms with Crippen LogP contribution in [0.5, 0.6) is 0 Å². The summed E-state index contributed by atoms with van der Waals surface area (Å²) in [7, 11) is 1.68. The van der Waals surface area contributed by atoms with Crippen LogP contribution in [0.2, 0.25) is 0 Å². The predicted molar refractivity (Wildman–Crippen MR) is 81.8 cm³/mol. The van der Waals surface area contributed by atoms with Crippen molar-refractivity contribution in [2.75, 3.05) is 40.1 Å². The van der Waals surface area contributed by atoms with Crippen LogP contribution >= 0.6 is 0 Å². The second-order valence-electron chi connectivity index (χ2n) is 6.25. The molecule has 0 amide bonds. The molecule has 0 heterocycles. The highest BCUT2D eigenvalue weighted by Gasteiger charge is 2.29. The highest BCUT2D eigenvalue weighted by Crippen LogP contribution is 2.34. The van der Waals surface area contributed by atoms with E-state index in [4.69, 9.17) is 19.9 Å². The Morgan fingerprint density at radius 2 is 1.65 bits per heavy atom. The van der Waals surface area contributed by atoms with Gasteiger partial charge in [0.1, 0.15) is 0 Å². The van der Waals surface area contributed by atoms with Gasteiger partial charge in [-0.05, 0) is 43.4 Å². The molecule has 20 heavy (non-hydrogen) atoms. The first kappa shape index (κ1) is 17.9. The number of ether oxygens (including phenoxy) is 3. The van der Waals surface area contributed by atoms with Gasteiger partial charge >= 0.3 is 0 Å². The molecule has 1 aliphatic carbocycles. The molecule has 1 rings (SSSR count). The first-order valence-corrected chi connectivity index (χ1v) is 8.05. The van der Waals surface area contributed by atoms with Crippen molar-refractivity contribution in [1.29, 1.82) is 0 Å². The maximum Gasteiger partial charge on any atom is 0.0701 e. The second-order valence-corrected chi connectivity index (χ2v) is 6.25. The molecule has 3 atom stereocenters. The van der Waals surface area contributed by atoms with Crippen LogP contribution in [0.4, 0.5) is 0 Å². The van der Waals surface area contributed by atoms with Gasteiger partial charge in [0, 0.05) is 19.8 Å². The molecule has 3 unspecified atom stereocenters. The van der Waals surface area contributed by atoms with Gasteiger partial charge in [0.05, 0.1) is 26.4 Å². The molecule has 0 aliphatic heterocycles. The molecule has 1 fully saturated rings. The van der Waals surface area contributed by atoms with Crippen LogP contribution in [0.25, 0.3) is 0 Å². The lowest BCUT2D eigenvalue weighted by Gasteiger charge is -2.36. The molecule has 0 radical (unpaired) electrons. The zero-order valence-corrected chi connectivity index (χ0v) is 13.5. The molecule has 120 valence electrons. The molecule has 0 saturated heterocycles. The van der Waals surface area contributed by atoms with E-state index in [9.17, 15) is 0 Å². The molecule has 2 N–H and O–H groups in total. The Balaban J connectivity index is 2.05. The van der Waals surface area contributed by atoms with Crippen LogP contribution in [0, 0.1) is 17.8 Å². The Bertz CT molecular complexity index is 236. The SMILES string of the molecule is COCCOCCOCCC1CC(C(C)C)CCC1N. The molecular weight excluding hydrogens is 254 g/mol. The Morgan fingerprint density at radius 3 is 2.30 bits per heavy atom. The normalized spacial score (nSPS) is 27.1. The predicted octanol–water partition coefficient (Wildman–Crippen LogP) is 2.46. The average molecular weight is 287 g/mol. The van der Waals surface area contributed by atoms with Gasteiger partial charge < -0.3 is 19.9 Å². The number of nitrogens with two attached hydrogens (primary N) is 1. The molecule has 0 bridgehead atoms. The fourth-order valence-electron chi connectivity index (χ4n) is 2.96. The summed E-state index contributed by atoms with van der Waals surface area (Å²) in [6, 6.07) is 0.367. The summed E-state index contributed by atoms with van der Waals surface area (Å²) in [6.45, 7) is 8.06. The van der Waals surface area contributed by atoms with Gasteiger partial charge in [-0.3, -0.25) is 0 Å². The number of rotatable bonds is 10. The Hall–Kier alpha value is -0.160. The van der Waals surface area contributed by atoms with Crippen molar-refractivity contribution in [2.24, 2.45) is 23.5 Å². The molecular formula is C16H33NO3. The summed E-state index contributed by atoms with van der Waals surface area (Å²) < 4.78 is 15.9. The third-order valence-electron chi connectivity index (χ3n) is 4.46. The van der Waals surface area contributed by atoms with E-state index >= 15 is 0 Å². The highest BCUT2D eigenvalue weighted by molar-refractivity contribution is 4.83. The Labute approximate surface area is 124 Å². The zero-order valence-electron chi connectivity index (χ0n) is 13.5. The van der Waals surface area contributed by atoms with Gasteiger partial charge in [-0.15, -0.1) is 0 Å². The van der Waals surface area contributed by atoms with Gasteiger partial charge in [-0.1, -0.05) is 13.8 Å². The van der Waals surface area contributed by atoms with Gasteiger partial charge in [-0.25, -0.2) is 0 Å². The summed E-state index contributed by atoms with van der Waals surface area (Å²) in [5, 5.41) is 0. The highest BCUT2D eigenvalue weighted by atomic mass is 16.5. The third-order valence-corrected chi connectivity index (χ3v) is 4.46. The van der Waals surface area contributed by atoms with E-state index in [1.165, 1.54) is 19.3 Å². The molecule has 1 saturated carbocycles. The van der Waals surface area contributed by atoms with E-state index in [0.717, 1.165) is 24.9 Å². The van der Waals surface area contributed by atoms with Crippen molar-refractivity contribution in [1.82, 2.24) is 0 Å². The lowest BCUT2D eigenvalue weighted by atomic mass is 9.73. The second kappa shape index (κ2) is 10.6. The Kier molecular flexibility index (Phi) is 9.44. The standard InChI is InChI=1S/C16H33NO3/c1-13(2)14-4-5-16(17)15(12-14)6-7-19-10-11-20-9-8-18-3/h13-16H,4-12,17H2,1-3H3. The lowest BCUT2D eigenvalue weighted by molar-refractivity contribution is 0.0187. The zero-order chi connectivity index (χ0) is 14.8. The van der Waals surface area contributed by atoms with Gasteiger partial charge in [-0.2, -0.15) is 0 Å². The minimum Gasteiger partial charge on any atom is -0.382 e. The minimum atomic E-state index is 0.367. The number of methoxy groups -OCH3 is 1. The van der Waals surface area contributed by atoms with E-state index in [1.54, 1.807) is 7.11 Å². The average Bonchev–Trinajstić information content (AvgIpc) is 2.43. The van der Waals surface area contributed by atoms with E-state index in [0.29, 0.717) is 38.4 Å². The van der Waals surface area contributed by atoms with Gasteiger partial charge in [0.2, 0.25) is 0 Å². The maximum atomic E-state index is 6.24. The van der Waals surface area contributed by atoms with Crippen LogP contribution in [-0.4, -0.2) is 46.2 Å². The lowest BCUT2D eigenvalue weighted by Crippen LogP contribution is -2.38. The van der Waals surface area contributed by atoms with E-state index in [2.05, 4.69) is 13.8 Å². The summed E-state index contributed by atoms with van der Waals surface area (Å²) in [6.07, 6.45) is 4.83. The monoisotopic (exact) mass is 287 g/mol. The van der Waals surface area contributed by atoms with E-state index in [-0.39, 0.29) is 0 Å². The minimum absolute atomic E-state index is 0.367. The summed E-state index contributed by atoms with van der Waals surface area (Å²) in [4.78, 5) is 0. The first-order valence-electron chi connectivity index (χ1n) is 8.05. The van der Waals surface area contributed by atoms with Crippen molar-refractivity contribution < 1.29 is 14.2 Å². The van der Waals surface area contributed by atoms with Crippen LogP contribution in [0.1, 0.15) is 39.5 Å². The first-order chi connectivity index (χ1) is 9.65. The maximum absolute atomic E-state index is 6.24. The summed E-state index contributed by atoms with van der Waals surface area (Å²) in [5.74, 6) is 2.25. The largest absolute Gasteiger partial charge is 0.382 e. The third kappa shape index (κ3) is 7.02. The van der Waals surface area contributed by atoms with Crippen LogP contribution in [-0.2, 0) is 14.2 Å². The van der Waals surface area contributed by atoms with E-state index in [1.807, 2.05) is 0 Å². The fourth-order valence-corrected chi connectivity index (χ4v) is 2.96. The van der Waals surface area contributed by atoms with Crippen molar-refractivity contribution in [2.45, 2.75) is 45.6 Å². The van der Waals surface area contributed by atoms with Gasteiger partial charge in [0.25, 0.3) is 0 Å². The quantitative estimate of drug-likeness (QED) is 0.627. The molecule has 0 aromatic rings. The van der Waals surface area contributed by atoms with Gasteiger partial charge in [0.15, 0.2) is 0 Å². The van der Waals surface area contributed by atoms with Crippen LogP contribution in [0.15, 0.2) is 0 Å². The number of hydrogen-bond acceptors (Lipinski definition) is 4. The van der Waals surface area contributed by atoms with Crippen molar-refractivity contribution in [3.8, 4) is 0 Å². The van der Waals surface area contributed by atoms with Crippen molar-refractivity contribution in [3.05, 3.63) is 0 Å². The topological polar surface area (TPSA) is 53.7 Å². The molecule has 4 heteroatoms. The molecule has 0 aromatic heterocycles. The van der Waals surface area contributed by atoms with Crippen LogP contribution < -0.4 is 5.73 Å². The molecule has 1 aliphatic rings. The van der Waals surface area contributed by atoms with Crippen molar-refractivity contribution >= 4 is 0 Å². The molecule has 0 aromatic carbocycles.